The Morgan fingerprint density at radius 2 is 1.56 bits per heavy atom. The molecule has 2 unspecified atom stereocenters. The van der Waals surface area contributed by atoms with Gasteiger partial charge in [0, 0.05) is 11.5 Å². The van der Waals surface area contributed by atoms with Gasteiger partial charge in [0.15, 0.2) is 0 Å². The van der Waals surface area contributed by atoms with E-state index in [1.807, 2.05) is 6.07 Å². The Bertz CT molecular complexity index is 490. The van der Waals surface area contributed by atoms with E-state index in [4.69, 9.17) is 4.74 Å². The number of benzene rings is 2. The number of hydrogen-bond donors (Lipinski definition) is 0. The monoisotopic (exact) mass is 210 g/mol. The molecule has 2 aromatic rings. The highest BCUT2D eigenvalue weighted by molar-refractivity contribution is 5.46. The lowest BCUT2D eigenvalue weighted by Crippen LogP contribution is -2.14. The third kappa shape index (κ3) is 1.40. The van der Waals surface area contributed by atoms with Crippen molar-refractivity contribution in [1.82, 2.24) is 0 Å². The van der Waals surface area contributed by atoms with Gasteiger partial charge in [-0.25, -0.2) is 0 Å². The summed E-state index contributed by atoms with van der Waals surface area (Å²) in [7, 11) is 0. The molecule has 0 saturated carbocycles. The Kier molecular flexibility index (Phi) is 2.17. The van der Waals surface area contributed by atoms with Crippen molar-refractivity contribution in [2.24, 2.45) is 0 Å². The number of hydrogen-bond acceptors (Lipinski definition) is 1. The van der Waals surface area contributed by atoms with Crippen LogP contribution in [0.1, 0.15) is 24.0 Å². The van der Waals surface area contributed by atoms with Gasteiger partial charge < -0.3 is 4.74 Å². The molecule has 0 N–H and O–H groups in total. The quantitative estimate of drug-likeness (QED) is 0.698. The largest absolute Gasteiger partial charge is 0.489 e. The van der Waals surface area contributed by atoms with E-state index in [1.54, 1.807) is 0 Å². The van der Waals surface area contributed by atoms with E-state index in [9.17, 15) is 0 Å². The first kappa shape index (κ1) is 9.46. The van der Waals surface area contributed by atoms with Crippen LogP contribution in [0.25, 0.3) is 0 Å². The predicted molar refractivity (Wildman–Crippen MR) is 64.8 cm³/mol. The van der Waals surface area contributed by atoms with E-state index in [-0.39, 0.29) is 6.10 Å². The maximum atomic E-state index is 5.87. The molecule has 2 atom stereocenters. The van der Waals surface area contributed by atoms with Gasteiger partial charge in [-0.05, 0) is 18.6 Å². The molecule has 1 nitrogen and oxygen atoms in total. The molecular weight excluding hydrogens is 196 g/mol. The molecule has 16 heavy (non-hydrogen) atoms. The molecule has 0 radical (unpaired) electrons. The smallest absolute Gasteiger partial charge is 0.123 e. The molecule has 0 spiro atoms. The summed E-state index contributed by atoms with van der Waals surface area (Å²) >= 11 is 0. The van der Waals surface area contributed by atoms with Crippen molar-refractivity contribution in [3.63, 3.8) is 0 Å². The SMILES string of the molecule is CC1Oc2ccccc2C1c1ccccc1. The molecule has 0 saturated heterocycles. The second-order valence-corrected chi connectivity index (χ2v) is 4.25. The van der Waals surface area contributed by atoms with Gasteiger partial charge in [0.05, 0.1) is 0 Å². The van der Waals surface area contributed by atoms with Crippen molar-refractivity contribution in [2.75, 3.05) is 0 Å². The zero-order chi connectivity index (χ0) is 11.0. The first-order valence-electron chi connectivity index (χ1n) is 5.67. The highest BCUT2D eigenvalue weighted by atomic mass is 16.5. The van der Waals surface area contributed by atoms with Gasteiger partial charge >= 0.3 is 0 Å². The maximum Gasteiger partial charge on any atom is 0.123 e. The van der Waals surface area contributed by atoms with Crippen molar-refractivity contribution in [2.45, 2.75) is 18.9 Å². The van der Waals surface area contributed by atoms with Gasteiger partial charge in [-0.3, -0.25) is 0 Å². The van der Waals surface area contributed by atoms with Crippen molar-refractivity contribution in [3.8, 4) is 5.75 Å². The summed E-state index contributed by atoms with van der Waals surface area (Å²) in [5, 5.41) is 0. The van der Waals surface area contributed by atoms with Crippen molar-refractivity contribution >= 4 is 0 Å². The summed E-state index contributed by atoms with van der Waals surface area (Å²) in [6.07, 6.45) is 0.222. The zero-order valence-electron chi connectivity index (χ0n) is 9.26. The van der Waals surface area contributed by atoms with E-state index >= 15 is 0 Å². The van der Waals surface area contributed by atoms with Crippen LogP contribution < -0.4 is 4.74 Å². The Morgan fingerprint density at radius 1 is 0.875 bits per heavy atom. The van der Waals surface area contributed by atoms with Crippen LogP contribution in [-0.4, -0.2) is 6.10 Å². The fourth-order valence-electron chi connectivity index (χ4n) is 2.48. The second kappa shape index (κ2) is 3.67. The average molecular weight is 210 g/mol. The molecule has 80 valence electrons. The van der Waals surface area contributed by atoms with Crippen LogP contribution in [0.3, 0.4) is 0 Å². The van der Waals surface area contributed by atoms with Gasteiger partial charge in [-0.2, -0.15) is 0 Å². The summed E-state index contributed by atoms with van der Waals surface area (Å²) in [4.78, 5) is 0. The van der Waals surface area contributed by atoms with Crippen molar-refractivity contribution in [3.05, 3.63) is 65.7 Å². The molecule has 0 aromatic heterocycles. The van der Waals surface area contributed by atoms with Crippen molar-refractivity contribution < 1.29 is 4.74 Å². The lowest BCUT2D eigenvalue weighted by atomic mass is 9.89. The Balaban J connectivity index is 2.09. The fraction of sp³-hybridized carbons (Fsp3) is 0.200. The number of para-hydroxylation sites is 1. The minimum atomic E-state index is 0.222. The summed E-state index contributed by atoms with van der Waals surface area (Å²) < 4.78 is 5.87. The Hall–Kier alpha value is -1.76. The lowest BCUT2D eigenvalue weighted by molar-refractivity contribution is 0.239. The first-order chi connectivity index (χ1) is 7.86. The number of fused-ring (bicyclic) bond motifs is 1. The van der Waals surface area contributed by atoms with Gasteiger partial charge in [-0.1, -0.05) is 48.5 Å². The summed E-state index contributed by atoms with van der Waals surface area (Å²) in [6, 6.07) is 18.9. The van der Waals surface area contributed by atoms with Crippen LogP contribution in [0.5, 0.6) is 5.75 Å². The third-order valence-corrected chi connectivity index (χ3v) is 3.20. The zero-order valence-corrected chi connectivity index (χ0v) is 9.26. The van der Waals surface area contributed by atoms with Gasteiger partial charge in [-0.15, -0.1) is 0 Å². The number of ether oxygens (including phenoxy) is 1. The van der Waals surface area contributed by atoms with Crippen LogP contribution in [-0.2, 0) is 0 Å². The fourth-order valence-corrected chi connectivity index (χ4v) is 2.48. The molecule has 0 aliphatic carbocycles. The average Bonchev–Trinajstić information content (AvgIpc) is 2.66. The minimum Gasteiger partial charge on any atom is -0.489 e. The van der Waals surface area contributed by atoms with E-state index < -0.39 is 0 Å². The molecule has 1 aliphatic rings. The van der Waals surface area contributed by atoms with E-state index in [0.29, 0.717) is 5.92 Å². The molecule has 0 fully saturated rings. The highest BCUT2D eigenvalue weighted by Gasteiger charge is 2.31. The van der Waals surface area contributed by atoms with Crippen LogP contribution in [0.2, 0.25) is 0 Å². The van der Waals surface area contributed by atoms with Gasteiger partial charge in [0.1, 0.15) is 11.9 Å². The second-order valence-electron chi connectivity index (χ2n) is 4.25. The highest BCUT2D eigenvalue weighted by Crippen LogP contribution is 2.41. The topological polar surface area (TPSA) is 9.23 Å². The molecule has 3 rings (SSSR count). The van der Waals surface area contributed by atoms with E-state index in [2.05, 4.69) is 55.5 Å². The van der Waals surface area contributed by atoms with Crippen LogP contribution in [0.15, 0.2) is 54.6 Å². The molecular formula is C15H14O. The summed E-state index contributed by atoms with van der Waals surface area (Å²) in [5.74, 6) is 1.40. The third-order valence-electron chi connectivity index (χ3n) is 3.20. The van der Waals surface area contributed by atoms with Crippen LogP contribution in [0, 0.1) is 0 Å². The summed E-state index contributed by atoms with van der Waals surface area (Å²) in [5.41, 5.74) is 2.64. The predicted octanol–water partition coefficient (Wildman–Crippen LogP) is 3.60. The standard InChI is InChI=1S/C15H14O/c1-11-15(12-7-3-2-4-8-12)13-9-5-6-10-14(13)16-11/h2-11,15H,1H3. The first-order valence-corrected chi connectivity index (χ1v) is 5.67. The minimum absolute atomic E-state index is 0.222. The Morgan fingerprint density at radius 3 is 2.38 bits per heavy atom. The van der Waals surface area contributed by atoms with Crippen LogP contribution in [0.4, 0.5) is 0 Å². The van der Waals surface area contributed by atoms with Crippen molar-refractivity contribution in [1.29, 1.82) is 0 Å². The molecule has 1 heterocycles. The normalized spacial score (nSPS) is 22.6. The molecule has 0 amide bonds. The van der Waals surface area contributed by atoms with E-state index in [1.165, 1.54) is 11.1 Å². The molecule has 1 aliphatic heterocycles. The van der Waals surface area contributed by atoms with Gasteiger partial charge in [0.2, 0.25) is 0 Å². The lowest BCUT2D eigenvalue weighted by Gasteiger charge is -2.14. The number of rotatable bonds is 1. The van der Waals surface area contributed by atoms with Crippen LogP contribution >= 0.6 is 0 Å². The summed E-state index contributed by atoms with van der Waals surface area (Å²) in [6.45, 7) is 2.14. The molecule has 1 heteroatoms. The Labute approximate surface area is 95.7 Å². The van der Waals surface area contributed by atoms with Gasteiger partial charge in [0.25, 0.3) is 0 Å². The maximum absolute atomic E-state index is 5.87. The van der Waals surface area contributed by atoms with E-state index in [0.717, 1.165) is 5.75 Å². The molecule has 0 bridgehead atoms. The molecule has 2 aromatic carbocycles.